The number of halogens is 1. The highest BCUT2D eigenvalue weighted by Crippen LogP contribution is 2.11. The molecule has 0 spiro atoms. The molecule has 3 heteroatoms. The number of nitriles is 2. The van der Waals surface area contributed by atoms with Crippen LogP contribution in [0.3, 0.4) is 0 Å². The molecule has 1 aromatic rings. The molecule has 0 bridgehead atoms. The first-order valence-electron chi connectivity index (χ1n) is 4.28. The second-order valence-corrected chi connectivity index (χ2v) is 2.96. The minimum atomic E-state index is -0.342. The third kappa shape index (κ3) is 2.88. The third-order valence-electron chi connectivity index (χ3n) is 1.83. The van der Waals surface area contributed by atoms with Crippen LogP contribution in [0.5, 0.6) is 0 Å². The summed E-state index contributed by atoms with van der Waals surface area (Å²) in [5, 5.41) is 16.8. The Morgan fingerprint density at radius 2 is 1.79 bits per heavy atom. The molecule has 2 nitrogen and oxygen atoms in total. The van der Waals surface area contributed by atoms with E-state index >= 15 is 0 Å². The summed E-state index contributed by atoms with van der Waals surface area (Å²) in [4.78, 5) is 0. The molecular weight excluding hydrogens is 179 g/mol. The summed E-state index contributed by atoms with van der Waals surface area (Å²) in [6.07, 6.45) is 1.11. The van der Waals surface area contributed by atoms with Crippen LogP contribution in [-0.2, 0) is 12.8 Å². The van der Waals surface area contributed by atoms with Gasteiger partial charge in [-0.25, -0.2) is 4.39 Å². The molecule has 0 saturated heterocycles. The van der Waals surface area contributed by atoms with Crippen molar-refractivity contribution in [3.05, 3.63) is 35.1 Å². The first kappa shape index (κ1) is 10.2. The number of nitrogens with zero attached hydrogens (tertiary/aromatic N) is 2. The van der Waals surface area contributed by atoms with Crippen LogP contribution < -0.4 is 0 Å². The molecule has 0 N–H and O–H groups in total. The highest BCUT2D eigenvalue weighted by atomic mass is 19.1. The number of benzene rings is 1. The fourth-order valence-corrected chi connectivity index (χ4v) is 1.26. The normalized spacial score (nSPS) is 9.07. The second kappa shape index (κ2) is 4.99. The van der Waals surface area contributed by atoms with Gasteiger partial charge in [-0.15, -0.1) is 0 Å². The van der Waals surface area contributed by atoms with Crippen molar-refractivity contribution in [2.24, 2.45) is 0 Å². The average molecular weight is 188 g/mol. The highest BCUT2D eigenvalue weighted by molar-refractivity contribution is 5.27. The van der Waals surface area contributed by atoms with Gasteiger partial charge in [-0.05, 0) is 29.7 Å². The van der Waals surface area contributed by atoms with Crippen LogP contribution >= 0.6 is 0 Å². The van der Waals surface area contributed by atoms with Crippen LogP contribution in [0, 0.1) is 28.5 Å². The van der Waals surface area contributed by atoms with E-state index in [0.29, 0.717) is 18.4 Å². The van der Waals surface area contributed by atoms with Crippen LogP contribution in [0.4, 0.5) is 4.39 Å². The number of rotatable bonds is 3. The summed E-state index contributed by atoms with van der Waals surface area (Å²) in [5.74, 6) is -0.342. The lowest BCUT2D eigenvalue weighted by atomic mass is 10.0. The predicted molar refractivity (Wildman–Crippen MR) is 49.7 cm³/mol. The van der Waals surface area contributed by atoms with E-state index < -0.39 is 0 Å². The van der Waals surface area contributed by atoms with Crippen molar-refractivity contribution in [3.8, 4) is 12.1 Å². The van der Waals surface area contributed by atoms with E-state index in [1.165, 1.54) is 12.1 Å². The van der Waals surface area contributed by atoms with E-state index in [1.807, 2.05) is 12.1 Å². The first-order chi connectivity index (χ1) is 6.76. The second-order valence-electron chi connectivity index (χ2n) is 2.96. The van der Waals surface area contributed by atoms with Crippen molar-refractivity contribution >= 4 is 0 Å². The van der Waals surface area contributed by atoms with Gasteiger partial charge in [0.15, 0.2) is 0 Å². The maximum atomic E-state index is 13.0. The van der Waals surface area contributed by atoms with E-state index in [4.69, 9.17) is 10.5 Å². The summed E-state index contributed by atoms with van der Waals surface area (Å²) in [5.41, 5.74) is 1.44. The molecule has 1 rings (SSSR count). The van der Waals surface area contributed by atoms with Crippen LogP contribution in [0.1, 0.15) is 17.5 Å². The average Bonchev–Trinajstić information content (AvgIpc) is 2.14. The number of hydrogen-bond donors (Lipinski definition) is 0. The maximum absolute atomic E-state index is 13.0. The van der Waals surface area contributed by atoms with Gasteiger partial charge in [0.05, 0.1) is 18.6 Å². The summed E-state index contributed by atoms with van der Waals surface area (Å²) in [7, 11) is 0. The van der Waals surface area contributed by atoms with Gasteiger partial charge in [0, 0.05) is 6.42 Å². The summed E-state index contributed by atoms with van der Waals surface area (Å²) >= 11 is 0. The zero-order chi connectivity index (χ0) is 10.4. The lowest BCUT2D eigenvalue weighted by molar-refractivity contribution is 0.623. The van der Waals surface area contributed by atoms with E-state index in [2.05, 4.69) is 0 Å². The zero-order valence-corrected chi connectivity index (χ0v) is 7.63. The van der Waals surface area contributed by atoms with Gasteiger partial charge in [-0.1, -0.05) is 6.07 Å². The topological polar surface area (TPSA) is 47.6 Å². The molecule has 0 atom stereocenters. The molecule has 0 aliphatic heterocycles. The fourth-order valence-electron chi connectivity index (χ4n) is 1.26. The minimum absolute atomic E-state index is 0.206. The van der Waals surface area contributed by atoms with Crippen molar-refractivity contribution in [2.75, 3.05) is 0 Å². The molecule has 1 aromatic carbocycles. The van der Waals surface area contributed by atoms with E-state index in [9.17, 15) is 4.39 Å². The lowest BCUT2D eigenvalue weighted by Gasteiger charge is -2.01. The Morgan fingerprint density at radius 1 is 1.07 bits per heavy atom. The van der Waals surface area contributed by atoms with Gasteiger partial charge in [-0.2, -0.15) is 10.5 Å². The van der Waals surface area contributed by atoms with Gasteiger partial charge in [-0.3, -0.25) is 0 Å². The molecule has 0 aliphatic rings. The largest absolute Gasteiger partial charge is 0.207 e. The Bertz CT molecular complexity index is 399. The molecule has 0 unspecified atom stereocenters. The lowest BCUT2D eigenvalue weighted by Crippen LogP contribution is -1.90. The minimum Gasteiger partial charge on any atom is -0.207 e. The zero-order valence-electron chi connectivity index (χ0n) is 7.63. The van der Waals surface area contributed by atoms with Crippen molar-refractivity contribution in [3.63, 3.8) is 0 Å². The van der Waals surface area contributed by atoms with E-state index in [-0.39, 0.29) is 12.2 Å². The monoisotopic (exact) mass is 188 g/mol. The summed E-state index contributed by atoms with van der Waals surface area (Å²) in [6.45, 7) is 0. The van der Waals surface area contributed by atoms with E-state index in [1.54, 1.807) is 6.07 Å². The molecule has 0 aromatic heterocycles. The van der Waals surface area contributed by atoms with Crippen LogP contribution in [0.15, 0.2) is 18.2 Å². The van der Waals surface area contributed by atoms with Crippen LogP contribution in [0.2, 0.25) is 0 Å². The Labute approximate surface area is 82.2 Å². The van der Waals surface area contributed by atoms with Gasteiger partial charge in [0.25, 0.3) is 0 Å². The standard InChI is InChI=1S/C11H9FN2/c12-11-7-9(2-1-4-13)6-10(8-11)3-5-14/h6-8H,1-3H2. The quantitative estimate of drug-likeness (QED) is 0.730. The maximum Gasteiger partial charge on any atom is 0.123 e. The SMILES string of the molecule is N#CCCc1cc(F)cc(CC#N)c1. The Morgan fingerprint density at radius 3 is 2.43 bits per heavy atom. The fraction of sp³-hybridized carbons (Fsp3) is 0.273. The highest BCUT2D eigenvalue weighted by Gasteiger charge is 2.00. The van der Waals surface area contributed by atoms with E-state index in [0.717, 1.165) is 5.56 Å². The van der Waals surface area contributed by atoms with Crippen molar-refractivity contribution in [2.45, 2.75) is 19.3 Å². The van der Waals surface area contributed by atoms with Crippen molar-refractivity contribution in [1.82, 2.24) is 0 Å². The third-order valence-corrected chi connectivity index (χ3v) is 1.83. The first-order valence-corrected chi connectivity index (χ1v) is 4.28. The molecule has 0 fully saturated rings. The van der Waals surface area contributed by atoms with Gasteiger partial charge in [0.1, 0.15) is 5.82 Å². The Balaban J connectivity index is 2.86. The number of aryl methyl sites for hydroxylation is 1. The molecule has 0 aliphatic carbocycles. The molecule has 0 radical (unpaired) electrons. The van der Waals surface area contributed by atoms with Gasteiger partial charge in [0.2, 0.25) is 0 Å². The summed E-state index contributed by atoms with van der Waals surface area (Å²) < 4.78 is 13.0. The Kier molecular flexibility index (Phi) is 3.64. The van der Waals surface area contributed by atoms with Gasteiger partial charge >= 0.3 is 0 Å². The summed E-state index contributed by atoms with van der Waals surface area (Å²) in [6, 6.07) is 8.48. The number of hydrogen-bond acceptors (Lipinski definition) is 2. The molecule has 14 heavy (non-hydrogen) atoms. The predicted octanol–water partition coefficient (Wildman–Crippen LogP) is 2.35. The van der Waals surface area contributed by atoms with Crippen LogP contribution in [-0.4, -0.2) is 0 Å². The Hall–Kier alpha value is -1.87. The molecule has 0 amide bonds. The molecule has 0 saturated carbocycles. The van der Waals surface area contributed by atoms with Crippen LogP contribution in [0.25, 0.3) is 0 Å². The molecular formula is C11H9FN2. The van der Waals surface area contributed by atoms with Crippen molar-refractivity contribution < 1.29 is 4.39 Å². The molecule has 70 valence electrons. The van der Waals surface area contributed by atoms with Gasteiger partial charge < -0.3 is 0 Å². The smallest absolute Gasteiger partial charge is 0.123 e. The molecule has 0 heterocycles. The van der Waals surface area contributed by atoms with Crippen molar-refractivity contribution in [1.29, 1.82) is 10.5 Å².